The Kier molecular flexibility index (Phi) is 5.85. The van der Waals surface area contributed by atoms with Crippen molar-refractivity contribution in [3.8, 4) is 0 Å². The van der Waals surface area contributed by atoms with Gasteiger partial charge in [0.1, 0.15) is 17.7 Å². The SMILES string of the molecule is CCC1(O)CC[C@H](NC(=O)OC(C)(C)C)C(=O)N2[C@H](CC[C@H]2C(=O)O)C1. The van der Waals surface area contributed by atoms with Gasteiger partial charge in [-0.25, -0.2) is 9.59 Å². The number of fused-ring (bicyclic) bond motifs is 1. The first-order valence-electron chi connectivity index (χ1n) is 9.22. The van der Waals surface area contributed by atoms with Crippen LogP contribution in [0.1, 0.15) is 66.2 Å². The number of nitrogens with zero attached hydrogens (tertiary/aromatic N) is 1. The third-order valence-electron chi connectivity index (χ3n) is 5.20. The van der Waals surface area contributed by atoms with E-state index in [1.54, 1.807) is 20.8 Å². The number of carbonyl (C=O) groups excluding carboxylic acids is 2. The van der Waals surface area contributed by atoms with Gasteiger partial charge >= 0.3 is 12.1 Å². The Morgan fingerprint density at radius 2 is 1.96 bits per heavy atom. The highest BCUT2D eigenvalue weighted by atomic mass is 16.6. The molecule has 0 radical (unpaired) electrons. The fourth-order valence-electron chi connectivity index (χ4n) is 3.82. The number of rotatable bonds is 3. The number of hydrogen-bond acceptors (Lipinski definition) is 5. The Morgan fingerprint density at radius 3 is 2.50 bits per heavy atom. The Hall–Kier alpha value is -1.83. The molecule has 0 aromatic heterocycles. The Morgan fingerprint density at radius 1 is 1.31 bits per heavy atom. The zero-order valence-corrected chi connectivity index (χ0v) is 15.9. The summed E-state index contributed by atoms with van der Waals surface area (Å²) in [7, 11) is 0. The van der Waals surface area contributed by atoms with E-state index in [2.05, 4.69) is 5.32 Å². The molecule has 8 heteroatoms. The highest BCUT2D eigenvalue weighted by Gasteiger charge is 2.48. The number of aliphatic carboxylic acids is 1. The third-order valence-corrected chi connectivity index (χ3v) is 5.20. The molecule has 2 saturated heterocycles. The van der Waals surface area contributed by atoms with E-state index in [0.717, 1.165) is 0 Å². The molecule has 0 saturated carbocycles. The largest absolute Gasteiger partial charge is 0.480 e. The van der Waals surface area contributed by atoms with E-state index in [-0.39, 0.29) is 12.5 Å². The molecule has 148 valence electrons. The first kappa shape index (κ1) is 20.5. The molecule has 2 fully saturated rings. The van der Waals surface area contributed by atoms with E-state index in [1.807, 2.05) is 6.92 Å². The predicted molar refractivity (Wildman–Crippen MR) is 93.5 cm³/mol. The monoisotopic (exact) mass is 370 g/mol. The van der Waals surface area contributed by atoms with Crippen LogP contribution in [0, 0.1) is 0 Å². The molecule has 3 N–H and O–H groups in total. The number of carboxylic acids is 1. The molecular formula is C18H30N2O6. The van der Waals surface area contributed by atoms with Crippen LogP contribution in [0.25, 0.3) is 0 Å². The summed E-state index contributed by atoms with van der Waals surface area (Å²) < 4.78 is 5.23. The number of aliphatic hydroxyl groups is 1. The van der Waals surface area contributed by atoms with E-state index in [1.165, 1.54) is 4.90 Å². The lowest BCUT2D eigenvalue weighted by atomic mass is 9.83. The first-order chi connectivity index (χ1) is 12.0. The number of carbonyl (C=O) groups is 3. The van der Waals surface area contributed by atoms with Gasteiger partial charge in [-0.3, -0.25) is 4.79 Å². The number of nitrogens with one attached hydrogen (secondary N) is 1. The molecule has 0 spiro atoms. The van der Waals surface area contributed by atoms with E-state index >= 15 is 0 Å². The third kappa shape index (κ3) is 4.66. The van der Waals surface area contributed by atoms with E-state index < -0.39 is 41.3 Å². The molecule has 0 aromatic rings. The minimum Gasteiger partial charge on any atom is -0.480 e. The average Bonchev–Trinajstić information content (AvgIpc) is 2.91. The zero-order chi connectivity index (χ0) is 19.7. The van der Waals surface area contributed by atoms with E-state index in [4.69, 9.17) is 4.74 Å². The van der Waals surface area contributed by atoms with Crippen LogP contribution in [-0.4, -0.2) is 62.4 Å². The van der Waals surface area contributed by atoms with Crippen molar-refractivity contribution in [3.05, 3.63) is 0 Å². The highest BCUT2D eigenvalue weighted by molar-refractivity contribution is 5.90. The van der Waals surface area contributed by atoms with Crippen LogP contribution in [0.4, 0.5) is 4.79 Å². The molecule has 2 aliphatic heterocycles. The summed E-state index contributed by atoms with van der Waals surface area (Å²) in [5, 5.41) is 22.9. The molecule has 0 bridgehead atoms. The second kappa shape index (κ2) is 7.42. The quantitative estimate of drug-likeness (QED) is 0.695. The van der Waals surface area contributed by atoms with E-state index in [9.17, 15) is 24.6 Å². The highest BCUT2D eigenvalue weighted by Crippen LogP contribution is 2.36. The van der Waals surface area contributed by atoms with Crippen molar-refractivity contribution in [1.29, 1.82) is 0 Å². The average molecular weight is 370 g/mol. The standard InChI is InChI=1S/C18H30N2O6/c1-5-18(25)9-8-12(19-16(24)26-17(2,3)4)14(21)20-11(10-18)6-7-13(20)15(22)23/h11-13,25H,5-10H2,1-4H3,(H,19,24)(H,22,23)/t11-,12+,13+,18?/m1/s1. The molecule has 0 aliphatic carbocycles. The summed E-state index contributed by atoms with van der Waals surface area (Å²) in [4.78, 5) is 38.1. The molecule has 8 nitrogen and oxygen atoms in total. The molecule has 2 aliphatic rings. The molecule has 2 heterocycles. The Bertz CT molecular complexity index is 573. The fourth-order valence-corrected chi connectivity index (χ4v) is 3.82. The molecule has 1 unspecified atom stereocenters. The lowest BCUT2D eigenvalue weighted by Crippen LogP contribution is -2.57. The Labute approximate surface area is 153 Å². The number of hydrogen-bond donors (Lipinski definition) is 3. The van der Waals surface area contributed by atoms with Crippen LogP contribution < -0.4 is 5.32 Å². The van der Waals surface area contributed by atoms with Gasteiger partial charge in [0.05, 0.1) is 5.60 Å². The number of amides is 2. The second-order valence-corrected chi connectivity index (χ2v) is 8.35. The van der Waals surface area contributed by atoms with Gasteiger partial charge in [0, 0.05) is 6.04 Å². The first-order valence-corrected chi connectivity index (χ1v) is 9.22. The molecular weight excluding hydrogens is 340 g/mol. The summed E-state index contributed by atoms with van der Waals surface area (Å²) >= 11 is 0. The van der Waals surface area contributed by atoms with Crippen LogP contribution in [0.2, 0.25) is 0 Å². The topological polar surface area (TPSA) is 116 Å². The van der Waals surface area contributed by atoms with Gasteiger partial charge in [0.15, 0.2) is 0 Å². The number of carboxylic acid groups (broad SMARTS) is 1. The van der Waals surface area contributed by atoms with Gasteiger partial charge in [-0.1, -0.05) is 6.92 Å². The summed E-state index contributed by atoms with van der Waals surface area (Å²) in [6.07, 6.45) is 1.62. The van der Waals surface area contributed by atoms with Crippen molar-refractivity contribution in [1.82, 2.24) is 10.2 Å². The maximum atomic E-state index is 13.0. The minimum absolute atomic E-state index is 0.234. The van der Waals surface area contributed by atoms with Gasteiger partial charge in [0.2, 0.25) is 5.91 Å². The van der Waals surface area contributed by atoms with Crippen LogP contribution in [0.15, 0.2) is 0 Å². The fraction of sp³-hybridized carbons (Fsp3) is 0.833. The van der Waals surface area contributed by atoms with Crippen LogP contribution in [-0.2, 0) is 14.3 Å². The number of ether oxygens (including phenoxy) is 1. The van der Waals surface area contributed by atoms with Gasteiger partial charge in [-0.05, 0) is 59.3 Å². The van der Waals surface area contributed by atoms with Crippen LogP contribution in [0.3, 0.4) is 0 Å². The lowest BCUT2D eigenvalue weighted by molar-refractivity contribution is -0.153. The lowest BCUT2D eigenvalue weighted by Gasteiger charge is -2.40. The van der Waals surface area contributed by atoms with Crippen molar-refractivity contribution < 1.29 is 29.3 Å². The van der Waals surface area contributed by atoms with Crippen molar-refractivity contribution in [2.45, 2.75) is 95.5 Å². The molecule has 26 heavy (non-hydrogen) atoms. The van der Waals surface area contributed by atoms with Crippen LogP contribution in [0.5, 0.6) is 0 Å². The summed E-state index contributed by atoms with van der Waals surface area (Å²) in [6, 6.07) is -2.17. The van der Waals surface area contributed by atoms with Gasteiger partial charge < -0.3 is 25.2 Å². The summed E-state index contributed by atoms with van der Waals surface area (Å²) in [5.41, 5.74) is -1.69. The summed E-state index contributed by atoms with van der Waals surface area (Å²) in [6.45, 7) is 7.03. The van der Waals surface area contributed by atoms with Crippen molar-refractivity contribution in [3.63, 3.8) is 0 Å². The van der Waals surface area contributed by atoms with Crippen molar-refractivity contribution >= 4 is 18.0 Å². The maximum absolute atomic E-state index is 13.0. The van der Waals surface area contributed by atoms with E-state index in [0.29, 0.717) is 32.1 Å². The number of alkyl carbamates (subject to hydrolysis) is 1. The Balaban J connectivity index is 2.25. The maximum Gasteiger partial charge on any atom is 0.408 e. The molecule has 2 rings (SSSR count). The smallest absolute Gasteiger partial charge is 0.408 e. The van der Waals surface area contributed by atoms with Crippen LogP contribution >= 0.6 is 0 Å². The van der Waals surface area contributed by atoms with Gasteiger partial charge in [-0.2, -0.15) is 0 Å². The predicted octanol–water partition coefficient (Wildman–Crippen LogP) is 1.65. The molecule has 4 atom stereocenters. The second-order valence-electron chi connectivity index (χ2n) is 8.35. The van der Waals surface area contributed by atoms with Gasteiger partial charge in [-0.15, -0.1) is 0 Å². The molecule has 0 aromatic carbocycles. The zero-order valence-electron chi connectivity index (χ0n) is 15.9. The molecule has 2 amide bonds. The minimum atomic E-state index is -1.06. The van der Waals surface area contributed by atoms with Crippen molar-refractivity contribution in [2.24, 2.45) is 0 Å². The van der Waals surface area contributed by atoms with Gasteiger partial charge in [0.25, 0.3) is 0 Å². The summed E-state index contributed by atoms with van der Waals surface area (Å²) in [5.74, 6) is -1.47. The van der Waals surface area contributed by atoms with Crippen molar-refractivity contribution in [2.75, 3.05) is 0 Å². The normalized spacial score (nSPS) is 32.4.